The molecule has 0 radical (unpaired) electrons. The molecule has 2 aromatic rings. The molecule has 0 N–H and O–H groups in total. The van der Waals surface area contributed by atoms with Crippen molar-refractivity contribution in [1.29, 1.82) is 0 Å². The van der Waals surface area contributed by atoms with Crippen LogP contribution in [0.15, 0.2) is 36.5 Å². The fourth-order valence-corrected chi connectivity index (χ4v) is 2.94. The lowest BCUT2D eigenvalue weighted by Crippen LogP contribution is -2.18. The van der Waals surface area contributed by atoms with Gasteiger partial charge in [-0.3, -0.25) is 9.88 Å². The molecular formula is C17H18N2O2. The first-order valence-corrected chi connectivity index (χ1v) is 7.46. The molecule has 108 valence electrons. The van der Waals surface area contributed by atoms with Crippen LogP contribution in [0.2, 0.25) is 0 Å². The van der Waals surface area contributed by atoms with Crippen LogP contribution in [0.1, 0.15) is 18.4 Å². The van der Waals surface area contributed by atoms with E-state index in [9.17, 15) is 0 Å². The third-order valence-electron chi connectivity index (χ3n) is 4.10. The maximum absolute atomic E-state index is 5.42. The summed E-state index contributed by atoms with van der Waals surface area (Å²) in [7, 11) is 0. The van der Waals surface area contributed by atoms with Crippen LogP contribution >= 0.6 is 0 Å². The van der Waals surface area contributed by atoms with Gasteiger partial charge in [0.15, 0.2) is 11.5 Å². The normalized spacial score (nSPS) is 17.3. The molecule has 1 saturated heterocycles. The highest BCUT2D eigenvalue weighted by Gasteiger charge is 2.15. The monoisotopic (exact) mass is 282 g/mol. The Balaban J connectivity index is 1.53. The number of nitrogens with zero attached hydrogens (tertiary/aromatic N) is 2. The summed E-state index contributed by atoms with van der Waals surface area (Å²) in [5.74, 6) is 1.61. The minimum Gasteiger partial charge on any atom is -0.454 e. The number of ether oxygens (including phenoxy) is 2. The Kier molecular flexibility index (Phi) is 3.24. The first-order chi connectivity index (χ1) is 10.4. The zero-order chi connectivity index (χ0) is 14.1. The lowest BCUT2D eigenvalue weighted by Gasteiger charge is -2.14. The van der Waals surface area contributed by atoms with Crippen molar-refractivity contribution in [3.63, 3.8) is 0 Å². The number of hydrogen-bond acceptors (Lipinski definition) is 4. The van der Waals surface area contributed by atoms with Crippen molar-refractivity contribution in [3.05, 3.63) is 42.1 Å². The first kappa shape index (κ1) is 12.7. The van der Waals surface area contributed by atoms with Crippen molar-refractivity contribution in [2.45, 2.75) is 19.4 Å². The van der Waals surface area contributed by atoms with E-state index in [1.54, 1.807) is 0 Å². The molecule has 2 aliphatic heterocycles. The van der Waals surface area contributed by atoms with Crippen molar-refractivity contribution < 1.29 is 9.47 Å². The van der Waals surface area contributed by atoms with Gasteiger partial charge < -0.3 is 9.47 Å². The summed E-state index contributed by atoms with van der Waals surface area (Å²) in [6.07, 6.45) is 4.63. The van der Waals surface area contributed by atoms with Gasteiger partial charge in [0.2, 0.25) is 6.79 Å². The Labute approximate surface area is 124 Å². The Morgan fingerprint density at radius 3 is 2.67 bits per heavy atom. The zero-order valence-electron chi connectivity index (χ0n) is 11.9. The van der Waals surface area contributed by atoms with Crippen molar-refractivity contribution in [2.24, 2.45) is 0 Å². The maximum atomic E-state index is 5.42. The van der Waals surface area contributed by atoms with Crippen LogP contribution in [0.4, 0.5) is 0 Å². The van der Waals surface area contributed by atoms with E-state index in [-0.39, 0.29) is 0 Å². The number of aromatic nitrogens is 1. The van der Waals surface area contributed by atoms with E-state index >= 15 is 0 Å². The molecule has 4 heteroatoms. The Morgan fingerprint density at radius 2 is 1.86 bits per heavy atom. The second kappa shape index (κ2) is 5.37. The standard InChI is InChI=1S/C17H18N2O2/c1-2-8-19(7-1)11-13-3-5-15(18-10-13)14-4-6-16-17(9-14)21-12-20-16/h3-6,9-10H,1-2,7-8,11-12H2. The summed E-state index contributed by atoms with van der Waals surface area (Å²) in [5, 5.41) is 0. The van der Waals surface area contributed by atoms with Gasteiger partial charge in [-0.2, -0.15) is 0 Å². The minimum absolute atomic E-state index is 0.307. The number of fused-ring (bicyclic) bond motifs is 1. The third kappa shape index (κ3) is 2.59. The van der Waals surface area contributed by atoms with Crippen LogP contribution in [-0.2, 0) is 6.54 Å². The van der Waals surface area contributed by atoms with Gasteiger partial charge in [0.05, 0.1) is 5.69 Å². The van der Waals surface area contributed by atoms with Gasteiger partial charge >= 0.3 is 0 Å². The van der Waals surface area contributed by atoms with Gasteiger partial charge in [0.25, 0.3) is 0 Å². The highest BCUT2D eigenvalue weighted by molar-refractivity contribution is 5.64. The summed E-state index contributed by atoms with van der Waals surface area (Å²) in [6, 6.07) is 10.2. The van der Waals surface area contributed by atoms with E-state index in [2.05, 4.69) is 22.0 Å². The van der Waals surface area contributed by atoms with Gasteiger partial charge in [-0.15, -0.1) is 0 Å². The summed E-state index contributed by atoms with van der Waals surface area (Å²) in [6.45, 7) is 3.74. The molecule has 2 aliphatic rings. The largest absolute Gasteiger partial charge is 0.454 e. The van der Waals surface area contributed by atoms with Crippen molar-refractivity contribution >= 4 is 0 Å². The summed E-state index contributed by atoms with van der Waals surface area (Å²) >= 11 is 0. The van der Waals surface area contributed by atoms with E-state index < -0.39 is 0 Å². The van der Waals surface area contributed by atoms with Gasteiger partial charge in [0, 0.05) is 18.3 Å². The molecule has 0 saturated carbocycles. The SMILES string of the molecule is c1cc(-c2ccc3c(c2)OCO3)ncc1CN1CCCC1. The first-order valence-electron chi connectivity index (χ1n) is 7.46. The van der Waals surface area contributed by atoms with E-state index in [1.165, 1.54) is 31.5 Å². The van der Waals surface area contributed by atoms with Crippen LogP contribution in [-0.4, -0.2) is 29.8 Å². The maximum Gasteiger partial charge on any atom is 0.231 e. The molecule has 0 bridgehead atoms. The fraction of sp³-hybridized carbons (Fsp3) is 0.353. The highest BCUT2D eigenvalue weighted by atomic mass is 16.7. The minimum atomic E-state index is 0.307. The van der Waals surface area contributed by atoms with Crippen molar-refractivity contribution in [1.82, 2.24) is 9.88 Å². The summed E-state index contributed by atoms with van der Waals surface area (Å²) in [4.78, 5) is 7.08. The summed E-state index contributed by atoms with van der Waals surface area (Å²) < 4.78 is 10.8. The molecule has 3 heterocycles. The molecule has 4 rings (SSSR count). The lowest BCUT2D eigenvalue weighted by molar-refractivity contribution is 0.174. The molecule has 0 unspecified atom stereocenters. The van der Waals surface area contributed by atoms with Crippen LogP contribution in [0.5, 0.6) is 11.5 Å². The number of hydrogen-bond donors (Lipinski definition) is 0. The second-order valence-electron chi connectivity index (χ2n) is 5.60. The van der Waals surface area contributed by atoms with Crippen molar-refractivity contribution in [2.75, 3.05) is 19.9 Å². The topological polar surface area (TPSA) is 34.6 Å². The van der Waals surface area contributed by atoms with E-state index in [4.69, 9.17) is 9.47 Å². The molecular weight excluding hydrogens is 264 g/mol. The number of likely N-dealkylation sites (tertiary alicyclic amines) is 1. The zero-order valence-corrected chi connectivity index (χ0v) is 11.9. The van der Waals surface area contributed by atoms with Crippen molar-refractivity contribution in [3.8, 4) is 22.8 Å². The summed E-state index contributed by atoms with van der Waals surface area (Å²) in [5.41, 5.74) is 3.31. The molecule has 4 nitrogen and oxygen atoms in total. The van der Waals surface area contributed by atoms with Gasteiger partial charge in [-0.05, 0) is 55.8 Å². The fourth-order valence-electron chi connectivity index (χ4n) is 2.94. The van der Waals surface area contributed by atoms with Gasteiger partial charge in [-0.25, -0.2) is 0 Å². The van der Waals surface area contributed by atoms with Crippen LogP contribution < -0.4 is 9.47 Å². The average Bonchev–Trinajstić information content (AvgIpc) is 3.18. The predicted octanol–water partition coefficient (Wildman–Crippen LogP) is 3.07. The van der Waals surface area contributed by atoms with Crippen LogP contribution in [0, 0.1) is 0 Å². The highest BCUT2D eigenvalue weighted by Crippen LogP contribution is 2.35. The smallest absolute Gasteiger partial charge is 0.231 e. The average molecular weight is 282 g/mol. The van der Waals surface area contributed by atoms with E-state index in [0.29, 0.717) is 6.79 Å². The Bertz CT molecular complexity index is 634. The molecule has 1 fully saturated rings. The van der Waals surface area contributed by atoms with E-state index in [0.717, 1.165) is 29.3 Å². The Morgan fingerprint density at radius 1 is 1.00 bits per heavy atom. The van der Waals surface area contributed by atoms with E-state index in [1.807, 2.05) is 24.4 Å². The van der Waals surface area contributed by atoms with Crippen LogP contribution in [0.25, 0.3) is 11.3 Å². The molecule has 0 amide bonds. The van der Waals surface area contributed by atoms with Crippen LogP contribution in [0.3, 0.4) is 0 Å². The number of pyridine rings is 1. The molecule has 21 heavy (non-hydrogen) atoms. The molecule has 1 aromatic heterocycles. The Hall–Kier alpha value is -2.07. The second-order valence-corrected chi connectivity index (χ2v) is 5.60. The molecule has 1 aromatic carbocycles. The predicted molar refractivity (Wildman–Crippen MR) is 80.3 cm³/mol. The molecule has 0 spiro atoms. The molecule has 0 aliphatic carbocycles. The number of rotatable bonds is 3. The van der Waals surface area contributed by atoms with Gasteiger partial charge in [-0.1, -0.05) is 6.07 Å². The number of benzene rings is 1. The lowest BCUT2D eigenvalue weighted by atomic mass is 10.1. The quantitative estimate of drug-likeness (QED) is 0.866. The molecule has 0 atom stereocenters. The third-order valence-corrected chi connectivity index (χ3v) is 4.10. The van der Waals surface area contributed by atoms with Gasteiger partial charge in [0.1, 0.15) is 0 Å².